The van der Waals surface area contributed by atoms with Gasteiger partial charge in [0.05, 0.1) is 7.11 Å². The quantitative estimate of drug-likeness (QED) is 0.622. The van der Waals surface area contributed by atoms with Gasteiger partial charge in [-0.15, -0.1) is 0 Å². The first-order valence-electron chi connectivity index (χ1n) is 7.92. The molecular formula is C20H20N2O3. The fraction of sp³-hybridized carbons (Fsp3) is 0.200. The van der Waals surface area contributed by atoms with E-state index in [0.717, 1.165) is 5.56 Å². The SMILES string of the molecule is CCNC(=O)/C(C#N)=C/c1ccc(OCc2ccccc2)c(OC)c1. The number of ether oxygens (including phenoxy) is 2. The molecule has 0 radical (unpaired) electrons. The van der Waals surface area contributed by atoms with E-state index in [1.54, 1.807) is 32.2 Å². The average Bonchev–Trinajstić information content (AvgIpc) is 2.65. The van der Waals surface area contributed by atoms with Crippen LogP contribution < -0.4 is 14.8 Å². The Balaban J connectivity index is 2.18. The van der Waals surface area contributed by atoms with Gasteiger partial charge in [0.1, 0.15) is 18.2 Å². The number of carbonyl (C=O) groups is 1. The standard InChI is InChI=1S/C20H20N2O3/c1-3-22-20(23)17(13-21)11-16-9-10-18(19(12-16)24-2)25-14-15-7-5-4-6-8-15/h4-12H,3,14H2,1-2H3,(H,22,23)/b17-11+. The zero-order valence-electron chi connectivity index (χ0n) is 14.3. The third-order valence-corrected chi connectivity index (χ3v) is 3.44. The van der Waals surface area contributed by atoms with Crippen molar-refractivity contribution >= 4 is 12.0 Å². The van der Waals surface area contributed by atoms with Gasteiger partial charge in [0.25, 0.3) is 5.91 Å². The van der Waals surface area contributed by atoms with Crippen LogP contribution in [-0.2, 0) is 11.4 Å². The van der Waals surface area contributed by atoms with Crippen molar-refractivity contribution in [2.24, 2.45) is 0 Å². The number of nitriles is 1. The summed E-state index contributed by atoms with van der Waals surface area (Å²) in [6.45, 7) is 2.69. The van der Waals surface area contributed by atoms with Gasteiger partial charge in [-0.2, -0.15) is 5.26 Å². The normalized spacial score (nSPS) is 10.7. The highest BCUT2D eigenvalue weighted by molar-refractivity contribution is 6.01. The lowest BCUT2D eigenvalue weighted by atomic mass is 10.1. The summed E-state index contributed by atoms with van der Waals surface area (Å²) in [7, 11) is 1.55. The topological polar surface area (TPSA) is 71.4 Å². The van der Waals surface area contributed by atoms with E-state index in [9.17, 15) is 4.79 Å². The molecule has 2 rings (SSSR count). The number of nitrogens with zero attached hydrogens (tertiary/aromatic N) is 1. The van der Waals surface area contributed by atoms with Crippen molar-refractivity contribution in [1.29, 1.82) is 5.26 Å². The fourth-order valence-electron chi connectivity index (χ4n) is 2.20. The predicted octanol–water partition coefficient (Wildman–Crippen LogP) is 3.32. The molecule has 0 heterocycles. The van der Waals surface area contributed by atoms with Gasteiger partial charge in [0.15, 0.2) is 11.5 Å². The van der Waals surface area contributed by atoms with Gasteiger partial charge < -0.3 is 14.8 Å². The predicted molar refractivity (Wildman–Crippen MR) is 96.0 cm³/mol. The van der Waals surface area contributed by atoms with E-state index in [1.807, 2.05) is 36.4 Å². The number of hydrogen-bond acceptors (Lipinski definition) is 4. The average molecular weight is 336 g/mol. The molecule has 5 heteroatoms. The van der Waals surface area contributed by atoms with Crippen molar-refractivity contribution in [3.8, 4) is 17.6 Å². The van der Waals surface area contributed by atoms with Crippen LogP contribution in [0.4, 0.5) is 0 Å². The molecule has 2 aromatic rings. The van der Waals surface area contributed by atoms with Crippen LogP contribution in [-0.4, -0.2) is 19.6 Å². The zero-order chi connectivity index (χ0) is 18.1. The first-order valence-corrected chi connectivity index (χ1v) is 7.92. The first kappa shape index (κ1) is 18.1. The zero-order valence-corrected chi connectivity index (χ0v) is 14.3. The van der Waals surface area contributed by atoms with Crippen LogP contribution in [0.15, 0.2) is 54.1 Å². The lowest BCUT2D eigenvalue weighted by Crippen LogP contribution is -2.23. The molecule has 2 aromatic carbocycles. The Morgan fingerprint density at radius 1 is 1.20 bits per heavy atom. The number of carbonyl (C=O) groups excluding carboxylic acids is 1. The maximum atomic E-state index is 11.8. The highest BCUT2D eigenvalue weighted by Crippen LogP contribution is 2.29. The van der Waals surface area contributed by atoms with Gasteiger partial charge in [-0.3, -0.25) is 4.79 Å². The Morgan fingerprint density at radius 2 is 1.96 bits per heavy atom. The van der Waals surface area contributed by atoms with E-state index >= 15 is 0 Å². The first-order chi connectivity index (χ1) is 12.2. The number of likely N-dealkylation sites (N-methyl/N-ethyl adjacent to an activating group) is 1. The van der Waals surface area contributed by atoms with E-state index < -0.39 is 5.91 Å². The second-order valence-electron chi connectivity index (χ2n) is 5.21. The van der Waals surface area contributed by atoms with Gasteiger partial charge in [-0.05, 0) is 36.3 Å². The summed E-state index contributed by atoms with van der Waals surface area (Å²) < 4.78 is 11.2. The summed E-state index contributed by atoms with van der Waals surface area (Å²) in [5.41, 5.74) is 1.78. The fourth-order valence-corrected chi connectivity index (χ4v) is 2.20. The number of rotatable bonds is 7. The molecule has 128 valence electrons. The smallest absolute Gasteiger partial charge is 0.261 e. The number of amides is 1. The molecule has 0 aliphatic carbocycles. The Hall–Kier alpha value is -3.26. The molecule has 1 N–H and O–H groups in total. The Labute approximate surface area is 147 Å². The molecule has 0 atom stereocenters. The molecule has 0 aliphatic rings. The number of nitrogens with one attached hydrogen (secondary N) is 1. The summed E-state index contributed by atoms with van der Waals surface area (Å²) in [6.07, 6.45) is 1.52. The maximum absolute atomic E-state index is 11.8. The highest BCUT2D eigenvalue weighted by Gasteiger charge is 2.10. The lowest BCUT2D eigenvalue weighted by molar-refractivity contribution is -0.116. The molecular weight excluding hydrogens is 316 g/mol. The Kier molecular flexibility index (Phi) is 6.61. The largest absolute Gasteiger partial charge is 0.493 e. The molecule has 0 aliphatic heterocycles. The molecule has 0 bridgehead atoms. The van der Waals surface area contributed by atoms with Crippen molar-refractivity contribution in [3.05, 3.63) is 65.2 Å². The van der Waals surface area contributed by atoms with Crippen LogP contribution in [0.3, 0.4) is 0 Å². The van der Waals surface area contributed by atoms with Crippen LogP contribution in [0.2, 0.25) is 0 Å². The molecule has 0 aromatic heterocycles. The summed E-state index contributed by atoms with van der Waals surface area (Å²) in [5, 5.41) is 11.8. The van der Waals surface area contributed by atoms with Crippen molar-refractivity contribution in [2.45, 2.75) is 13.5 Å². The number of benzene rings is 2. The summed E-state index contributed by atoms with van der Waals surface area (Å²) in [5.74, 6) is 0.742. The Morgan fingerprint density at radius 3 is 2.60 bits per heavy atom. The van der Waals surface area contributed by atoms with Gasteiger partial charge in [0, 0.05) is 6.54 Å². The highest BCUT2D eigenvalue weighted by atomic mass is 16.5. The minimum Gasteiger partial charge on any atom is -0.493 e. The van der Waals surface area contributed by atoms with E-state index in [-0.39, 0.29) is 5.57 Å². The van der Waals surface area contributed by atoms with E-state index in [2.05, 4.69) is 5.32 Å². The summed E-state index contributed by atoms with van der Waals surface area (Å²) >= 11 is 0. The van der Waals surface area contributed by atoms with Crippen molar-refractivity contribution in [3.63, 3.8) is 0 Å². The molecule has 25 heavy (non-hydrogen) atoms. The third kappa shape index (κ3) is 5.11. The monoisotopic (exact) mass is 336 g/mol. The van der Waals surface area contributed by atoms with Gasteiger partial charge in [0.2, 0.25) is 0 Å². The third-order valence-electron chi connectivity index (χ3n) is 3.44. The molecule has 0 fully saturated rings. The second-order valence-corrected chi connectivity index (χ2v) is 5.21. The van der Waals surface area contributed by atoms with Gasteiger partial charge in [-0.25, -0.2) is 0 Å². The van der Waals surface area contributed by atoms with Crippen LogP contribution in [0.1, 0.15) is 18.1 Å². The Bertz CT molecular complexity index is 792. The minimum absolute atomic E-state index is 0.0434. The van der Waals surface area contributed by atoms with Gasteiger partial charge in [-0.1, -0.05) is 36.4 Å². The summed E-state index contributed by atoms with van der Waals surface area (Å²) in [6, 6.07) is 17.0. The molecule has 0 saturated carbocycles. The maximum Gasteiger partial charge on any atom is 0.261 e. The van der Waals surface area contributed by atoms with E-state index in [0.29, 0.717) is 30.2 Å². The van der Waals surface area contributed by atoms with E-state index in [4.69, 9.17) is 14.7 Å². The second kappa shape index (κ2) is 9.14. The lowest BCUT2D eigenvalue weighted by Gasteiger charge is -2.11. The number of methoxy groups -OCH3 is 1. The van der Waals surface area contributed by atoms with Crippen LogP contribution >= 0.6 is 0 Å². The molecule has 0 unspecified atom stereocenters. The van der Waals surface area contributed by atoms with E-state index in [1.165, 1.54) is 6.08 Å². The van der Waals surface area contributed by atoms with Gasteiger partial charge >= 0.3 is 0 Å². The van der Waals surface area contributed by atoms with Crippen molar-refractivity contribution in [1.82, 2.24) is 5.32 Å². The molecule has 5 nitrogen and oxygen atoms in total. The van der Waals surface area contributed by atoms with Crippen LogP contribution in [0, 0.1) is 11.3 Å². The molecule has 0 saturated heterocycles. The minimum atomic E-state index is -0.395. The summed E-state index contributed by atoms with van der Waals surface area (Å²) in [4.78, 5) is 11.8. The van der Waals surface area contributed by atoms with Crippen molar-refractivity contribution < 1.29 is 14.3 Å². The van der Waals surface area contributed by atoms with Crippen LogP contribution in [0.25, 0.3) is 6.08 Å². The van der Waals surface area contributed by atoms with Crippen molar-refractivity contribution in [2.75, 3.05) is 13.7 Å². The van der Waals surface area contributed by atoms with Crippen LogP contribution in [0.5, 0.6) is 11.5 Å². The number of hydrogen-bond donors (Lipinski definition) is 1. The molecule has 1 amide bonds. The molecule has 0 spiro atoms.